The van der Waals surface area contributed by atoms with E-state index in [9.17, 15) is 4.79 Å². The highest BCUT2D eigenvalue weighted by Gasteiger charge is 2.20. The summed E-state index contributed by atoms with van der Waals surface area (Å²) in [6, 6.07) is 15.4. The Balaban J connectivity index is 1.39. The first-order valence-electron chi connectivity index (χ1n) is 8.27. The zero-order valence-corrected chi connectivity index (χ0v) is 13.6. The van der Waals surface area contributed by atoms with Gasteiger partial charge in [-0.05, 0) is 42.7 Å². The molecular weight excluding hydrogens is 316 g/mol. The minimum atomic E-state index is -0.114. The Labute approximate surface area is 145 Å². The van der Waals surface area contributed by atoms with Gasteiger partial charge in [0, 0.05) is 11.3 Å². The highest BCUT2D eigenvalue weighted by molar-refractivity contribution is 5.94. The van der Waals surface area contributed by atoms with Crippen LogP contribution in [0.5, 0.6) is 5.75 Å². The molecule has 126 valence electrons. The van der Waals surface area contributed by atoms with Gasteiger partial charge in [0.1, 0.15) is 24.5 Å². The first kappa shape index (κ1) is 15.4. The molecule has 0 aliphatic carbocycles. The monoisotopic (exact) mass is 334 g/mol. The third-order valence-electron chi connectivity index (χ3n) is 4.32. The van der Waals surface area contributed by atoms with E-state index >= 15 is 0 Å². The van der Waals surface area contributed by atoms with E-state index in [0.717, 1.165) is 24.3 Å². The van der Waals surface area contributed by atoms with Crippen LogP contribution in [0.2, 0.25) is 0 Å². The van der Waals surface area contributed by atoms with Crippen molar-refractivity contribution >= 4 is 5.91 Å². The van der Waals surface area contributed by atoms with Gasteiger partial charge in [-0.15, -0.1) is 10.2 Å². The molecule has 1 aromatic heterocycles. The largest absolute Gasteiger partial charge is 0.488 e. The van der Waals surface area contributed by atoms with Crippen LogP contribution in [0.15, 0.2) is 61.2 Å². The van der Waals surface area contributed by atoms with Crippen LogP contribution >= 0.6 is 0 Å². The maximum atomic E-state index is 12.4. The van der Waals surface area contributed by atoms with Crippen LogP contribution in [0.3, 0.4) is 0 Å². The summed E-state index contributed by atoms with van der Waals surface area (Å²) in [5.41, 5.74) is 2.68. The molecule has 0 bridgehead atoms. The summed E-state index contributed by atoms with van der Waals surface area (Å²) in [6.45, 7) is 0.490. The lowest BCUT2D eigenvalue weighted by molar-refractivity contribution is 0.0918. The first-order valence-corrected chi connectivity index (χ1v) is 8.27. The Morgan fingerprint density at radius 3 is 2.88 bits per heavy atom. The van der Waals surface area contributed by atoms with Crippen LogP contribution in [-0.4, -0.2) is 33.3 Å². The van der Waals surface area contributed by atoms with Gasteiger partial charge in [-0.25, -0.2) is 0 Å². The number of ether oxygens (including phenoxy) is 1. The maximum Gasteiger partial charge on any atom is 0.251 e. The van der Waals surface area contributed by atoms with Gasteiger partial charge in [0.2, 0.25) is 0 Å². The average molecular weight is 334 g/mol. The Morgan fingerprint density at radius 2 is 2.00 bits per heavy atom. The van der Waals surface area contributed by atoms with Crippen LogP contribution in [0, 0.1) is 0 Å². The number of nitrogens with one attached hydrogen (secondary N) is 1. The minimum absolute atomic E-state index is 0.000110. The highest BCUT2D eigenvalue weighted by Crippen LogP contribution is 2.26. The van der Waals surface area contributed by atoms with Crippen molar-refractivity contribution in [2.45, 2.75) is 18.9 Å². The van der Waals surface area contributed by atoms with E-state index in [0.29, 0.717) is 12.1 Å². The van der Waals surface area contributed by atoms with Gasteiger partial charge in [0.15, 0.2) is 0 Å². The molecule has 4 rings (SSSR count). The summed E-state index contributed by atoms with van der Waals surface area (Å²) < 4.78 is 7.73. The zero-order valence-electron chi connectivity index (χ0n) is 13.6. The fourth-order valence-electron chi connectivity index (χ4n) is 2.97. The average Bonchev–Trinajstić information content (AvgIpc) is 3.21. The quantitative estimate of drug-likeness (QED) is 0.795. The van der Waals surface area contributed by atoms with Crippen LogP contribution in [0.25, 0.3) is 5.69 Å². The molecule has 1 N–H and O–H groups in total. The summed E-state index contributed by atoms with van der Waals surface area (Å²) in [5.74, 6) is 0.806. The van der Waals surface area contributed by atoms with Gasteiger partial charge >= 0.3 is 0 Å². The van der Waals surface area contributed by atoms with Crippen molar-refractivity contribution < 1.29 is 9.53 Å². The van der Waals surface area contributed by atoms with Crippen molar-refractivity contribution in [2.75, 3.05) is 6.54 Å². The summed E-state index contributed by atoms with van der Waals surface area (Å²) in [4.78, 5) is 12.4. The van der Waals surface area contributed by atoms with E-state index in [1.807, 2.05) is 36.4 Å². The van der Waals surface area contributed by atoms with Gasteiger partial charge in [-0.3, -0.25) is 9.36 Å². The number of rotatable bonds is 4. The molecule has 0 radical (unpaired) electrons. The lowest BCUT2D eigenvalue weighted by atomic mass is 10.0. The van der Waals surface area contributed by atoms with E-state index in [4.69, 9.17) is 4.74 Å². The molecular formula is C19H18N4O2. The lowest BCUT2D eigenvalue weighted by Gasteiger charge is -2.26. The predicted octanol–water partition coefficient (Wildman–Crippen LogP) is 2.39. The van der Waals surface area contributed by atoms with Crippen molar-refractivity contribution in [2.24, 2.45) is 0 Å². The van der Waals surface area contributed by atoms with Crippen LogP contribution < -0.4 is 10.1 Å². The number of carbonyl (C=O) groups is 1. The van der Waals surface area contributed by atoms with Crippen LogP contribution in [0.4, 0.5) is 0 Å². The number of benzene rings is 2. The molecule has 25 heavy (non-hydrogen) atoms. The summed E-state index contributed by atoms with van der Waals surface area (Å²) in [6.07, 6.45) is 5.08. The number of amides is 1. The topological polar surface area (TPSA) is 69.0 Å². The molecule has 6 heteroatoms. The van der Waals surface area contributed by atoms with E-state index < -0.39 is 0 Å². The molecule has 0 fully saturated rings. The molecule has 0 unspecified atom stereocenters. The smallest absolute Gasteiger partial charge is 0.251 e. The van der Waals surface area contributed by atoms with E-state index in [-0.39, 0.29) is 12.0 Å². The second-order valence-electron chi connectivity index (χ2n) is 6.02. The van der Waals surface area contributed by atoms with Gasteiger partial charge in [-0.1, -0.05) is 24.3 Å². The molecule has 1 amide bonds. The van der Waals surface area contributed by atoms with E-state index in [2.05, 4.69) is 21.6 Å². The molecule has 0 spiro atoms. The number of aromatic nitrogens is 3. The highest BCUT2D eigenvalue weighted by atomic mass is 16.5. The molecule has 0 saturated heterocycles. The summed E-state index contributed by atoms with van der Waals surface area (Å²) in [5, 5.41) is 10.5. The number of carbonyl (C=O) groups excluding carboxylic acids is 1. The lowest BCUT2D eigenvalue weighted by Crippen LogP contribution is -2.37. The predicted molar refractivity (Wildman–Crippen MR) is 92.9 cm³/mol. The molecule has 0 saturated carbocycles. The number of para-hydroxylation sites is 1. The minimum Gasteiger partial charge on any atom is -0.488 e. The third-order valence-corrected chi connectivity index (χ3v) is 4.32. The van der Waals surface area contributed by atoms with Crippen LogP contribution in [-0.2, 0) is 6.42 Å². The Morgan fingerprint density at radius 1 is 1.16 bits per heavy atom. The summed E-state index contributed by atoms with van der Waals surface area (Å²) in [7, 11) is 0. The molecule has 1 aliphatic rings. The second kappa shape index (κ2) is 6.76. The van der Waals surface area contributed by atoms with Crippen molar-refractivity contribution in [1.82, 2.24) is 20.1 Å². The molecule has 3 aromatic rings. The van der Waals surface area contributed by atoms with Crippen molar-refractivity contribution in [3.05, 3.63) is 72.3 Å². The molecule has 6 nitrogen and oxygen atoms in total. The first-order chi connectivity index (χ1) is 12.3. The van der Waals surface area contributed by atoms with Crippen molar-refractivity contribution in [3.63, 3.8) is 0 Å². The maximum absolute atomic E-state index is 12.4. The number of hydrogen-bond donors (Lipinski definition) is 1. The molecule has 2 heterocycles. The number of aryl methyl sites for hydroxylation is 1. The Bertz CT molecular complexity index is 877. The molecule has 2 aromatic carbocycles. The fraction of sp³-hybridized carbons (Fsp3) is 0.211. The van der Waals surface area contributed by atoms with Crippen LogP contribution in [0.1, 0.15) is 22.3 Å². The SMILES string of the molecule is O=C(NC[C@H]1CCc2ccccc2O1)c1cccc(-n2cnnc2)c1. The van der Waals surface area contributed by atoms with Gasteiger partial charge in [-0.2, -0.15) is 0 Å². The second-order valence-corrected chi connectivity index (χ2v) is 6.02. The summed E-state index contributed by atoms with van der Waals surface area (Å²) >= 11 is 0. The van der Waals surface area contributed by atoms with Gasteiger partial charge in [0.25, 0.3) is 5.91 Å². The number of fused-ring (bicyclic) bond motifs is 1. The Hall–Kier alpha value is -3.15. The van der Waals surface area contributed by atoms with Crippen molar-refractivity contribution in [1.29, 1.82) is 0 Å². The molecule has 1 aliphatic heterocycles. The standard InChI is InChI=1S/C19H18N4O2/c24-19(15-5-3-6-16(10-15)23-12-21-22-13-23)20-11-17-9-8-14-4-1-2-7-18(14)25-17/h1-7,10,12-13,17H,8-9,11H2,(H,20,24)/t17-/m1/s1. The normalized spacial score (nSPS) is 15.9. The van der Waals surface area contributed by atoms with E-state index in [1.165, 1.54) is 5.56 Å². The van der Waals surface area contributed by atoms with Crippen molar-refractivity contribution in [3.8, 4) is 11.4 Å². The fourth-order valence-corrected chi connectivity index (χ4v) is 2.97. The van der Waals surface area contributed by atoms with Gasteiger partial charge in [0.05, 0.1) is 6.54 Å². The number of nitrogens with zero attached hydrogens (tertiary/aromatic N) is 3. The zero-order chi connectivity index (χ0) is 17.1. The Kier molecular flexibility index (Phi) is 4.16. The van der Waals surface area contributed by atoms with E-state index in [1.54, 1.807) is 23.3 Å². The molecule has 1 atom stereocenters. The third kappa shape index (κ3) is 3.38. The van der Waals surface area contributed by atoms with Gasteiger partial charge < -0.3 is 10.1 Å². The number of hydrogen-bond acceptors (Lipinski definition) is 4.